The number of fused-ring (bicyclic) bond motifs is 5. The van der Waals surface area contributed by atoms with Crippen LogP contribution in [0.3, 0.4) is 0 Å². The van der Waals surface area contributed by atoms with Gasteiger partial charge in [0.1, 0.15) is 0 Å². The second-order valence-electron chi connectivity index (χ2n) is 9.01. The van der Waals surface area contributed by atoms with Crippen LogP contribution in [-0.4, -0.2) is 5.54 Å². The Morgan fingerprint density at radius 3 is 2.15 bits per heavy atom. The average molecular weight is 275 g/mol. The molecule has 4 aliphatic rings. The van der Waals surface area contributed by atoms with Crippen molar-refractivity contribution < 1.29 is 0 Å². The summed E-state index contributed by atoms with van der Waals surface area (Å²) in [5.41, 5.74) is 6.75. The van der Waals surface area contributed by atoms with Gasteiger partial charge in [0, 0.05) is 5.54 Å². The maximum absolute atomic E-state index is 6.61. The molecule has 0 aliphatic heterocycles. The molecule has 0 saturated heterocycles. The molecular weight excluding hydrogens is 242 g/mol. The highest BCUT2D eigenvalue weighted by Crippen LogP contribution is 2.57. The van der Waals surface area contributed by atoms with Crippen molar-refractivity contribution in [2.75, 3.05) is 0 Å². The lowest BCUT2D eigenvalue weighted by molar-refractivity contribution is -0.00901. The number of hydrogen-bond donors (Lipinski definition) is 1. The molecule has 0 radical (unpaired) electrons. The van der Waals surface area contributed by atoms with E-state index in [9.17, 15) is 0 Å². The topological polar surface area (TPSA) is 26.0 Å². The summed E-state index contributed by atoms with van der Waals surface area (Å²) in [4.78, 5) is 0. The summed E-state index contributed by atoms with van der Waals surface area (Å²) in [5.74, 6) is 6.37. The molecular formula is C19H33N. The van der Waals surface area contributed by atoms with Crippen LogP contribution in [-0.2, 0) is 0 Å². The third-order valence-corrected chi connectivity index (χ3v) is 7.74. The highest BCUT2D eigenvalue weighted by atomic mass is 14.7. The smallest absolute Gasteiger partial charge is 0.0128 e. The van der Waals surface area contributed by atoms with Crippen LogP contribution in [0.5, 0.6) is 0 Å². The summed E-state index contributed by atoms with van der Waals surface area (Å²) in [6, 6.07) is 0. The standard InChI is InChI=1S/C19H33N/c1-19(20)11-3-5-14-8-9-16-15-6-2-4-13(15)7-10-17(16)18(14)12-19/h13-18H,2-12,20H2,1H3. The van der Waals surface area contributed by atoms with Gasteiger partial charge >= 0.3 is 0 Å². The molecule has 1 heteroatoms. The second kappa shape index (κ2) is 5.00. The SMILES string of the molecule is CC1(N)CCCC2CCC3C4CCCC4CCC3C2C1. The van der Waals surface area contributed by atoms with Crippen LogP contribution in [0.15, 0.2) is 0 Å². The van der Waals surface area contributed by atoms with Gasteiger partial charge in [-0.2, -0.15) is 0 Å². The van der Waals surface area contributed by atoms with Crippen LogP contribution >= 0.6 is 0 Å². The lowest BCUT2D eigenvalue weighted by Crippen LogP contribution is -2.46. The van der Waals surface area contributed by atoms with E-state index in [1.807, 2.05) is 0 Å². The molecule has 4 saturated carbocycles. The van der Waals surface area contributed by atoms with Gasteiger partial charge in [-0.3, -0.25) is 0 Å². The van der Waals surface area contributed by atoms with Crippen LogP contribution in [0.2, 0.25) is 0 Å². The lowest BCUT2D eigenvalue weighted by Gasteiger charge is -2.51. The Hall–Kier alpha value is -0.0400. The zero-order chi connectivity index (χ0) is 13.7. The third-order valence-electron chi connectivity index (χ3n) is 7.74. The molecule has 20 heavy (non-hydrogen) atoms. The summed E-state index contributed by atoms with van der Waals surface area (Å²) in [6.45, 7) is 2.33. The molecule has 2 N–H and O–H groups in total. The van der Waals surface area contributed by atoms with E-state index in [2.05, 4.69) is 6.92 Å². The highest BCUT2D eigenvalue weighted by molar-refractivity contribution is 5.00. The first kappa shape index (κ1) is 13.6. The fraction of sp³-hybridized carbons (Fsp3) is 1.00. The first-order valence-corrected chi connectivity index (χ1v) is 9.43. The lowest BCUT2D eigenvalue weighted by atomic mass is 9.55. The molecule has 0 aromatic carbocycles. The van der Waals surface area contributed by atoms with Crippen LogP contribution < -0.4 is 5.73 Å². The Bertz CT molecular complexity index is 361. The predicted octanol–water partition coefficient (Wildman–Crippen LogP) is 4.75. The van der Waals surface area contributed by atoms with Gasteiger partial charge < -0.3 is 5.73 Å². The summed E-state index contributed by atoms with van der Waals surface area (Å²) < 4.78 is 0. The van der Waals surface area contributed by atoms with Gasteiger partial charge in [0.2, 0.25) is 0 Å². The van der Waals surface area contributed by atoms with Crippen molar-refractivity contribution in [2.24, 2.45) is 41.2 Å². The quantitative estimate of drug-likeness (QED) is 0.678. The minimum absolute atomic E-state index is 0.133. The second-order valence-corrected chi connectivity index (χ2v) is 9.01. The summed E-state index contributed by atoms with van der Waals surface area (Å²) >= 11 is 0. The third kappa shape index (κ3) is 2.25. The van der Waals surface area contributed by atoms with Gasteiger partial charge in [-0.15, -0.1) is 0 Å². The van der Waals surface area contributed by atoms with Crippen molar-refractivity contribution in [3.8, 4) is 0 Å². The molecule has 4 rings (SSSR count). The van der Waals surface area contributed by atoms with Crippen LogP contribution in [0.25, 0.3) is 0 Å². The van der Waals surface area contributed by atoms with Gasteiger partial charge in [0.05, 0.1) is 0 Å². The van der Waals surface area contributed by atoms with Crippen molar-refractivity contribution in [3.05, 3.63) is 0 Å². The predicted molar refractivity (Wildman–Crippen MR) is 84.3 cm³/mol. The van der Waals surface area contributed by atoms with E-state index in [-0.39, 0.29) is 5.54 Å². The van der Waals surface area contributed by atoms with E-state index in [0.29, 0.717) is 0 Å². The first-order valence-electron chi connectivity index (χ1n) is 9.43. The zero-order valence-electron chi connectivity index (χ0n) is 13.3. The van der Waals surface area contributed by atoms with Crippen molar-refractivity contribution in [2.45, 2.75) is 83.1 Å². The van der Waals surface area contributed by atoms with E-state index in [1.165, 1.54) is 38.5 Å². The van der Waals surface area contributed by atoms with E-state index in [1.54, 1.807) is 32.1 Å². The van der Waals surface area contributed by atoms with E-state index in [4.69, 9.17) is 5.73 Å². The number of hydrogen-bond acceptors (Lipinski definition) is 1. The summed E-state index contributed by atoms with van der Waals surface area (Å²) in [6.07, 6.45) is 16.3. The van der Waals surface area contributed by atoms with Crippen molar-refractivity contribution in [1.29, 1.82) is 0 Å². The van der Waals surface area contributed by atoms with Crippen molar-refractivity contribution in [1.82, 2.24) is 0 Å². The molecule has 0 aromatic heterocycles. The number of rotatable bonds is 0. The molecule has 0 aromatic rings. The van der Waals surface area contributed by atoms with Crippen molar-refractivity contribution >= 4 is 0 Å². The molecule has 7 atom stereocenters. The Balaban J connectivity index is 1.57. The minimum Gasteiger partial charge on any atom is -0.325 e. The summed E-state index contributed by atoms with van der Waals surface area (Å²) in [7, 11) is 0. The molecule has 1 nitrogen and oxygen atoms in total. The molecule has 4 fully saturated rings. The molecule has 0 spiro atoms. The van der Waals surface area contributed by atoms with Crippen molar-refractivity contribution in [3.63, 3.8) is 0 Å². The van der Waals surface area contributed by atoms with Crippen LogP contribution in [0.4, 0.5) is 0 Å². The van der Waals surface area contributed by atoms with E-state index in [0.717, 1.165) is 35.5 Å². The van der Waals surface area contributed by atoms with Crippen LogP contribution in [0, 0.1) is 35.5 Å². The average Bonchev–Trinajstić information content (AvgIpc) is 2.82. The molecule has 7 unspecified atom stereocenters. The Kier molecular flexibility index (Phi) is 3.41. The maximum atomic E-state index is 6.61. The molecule has 0 heterocycles. The fourth-order valence-corrected chi connectivity index (χ4v) is 6.94. The van der Waals surface area contributed by atoms with Gasteiger partial charge in [0.15, 0.2) is 0 Å². The molecule has 0 amide bonds. The first-order chi connectivity index (χ1) is 9.64. The molecule has 114 valence electrons. The largest absolute Gasteiger partial charge is 0.325 e. The fourth-order valence-electron chi connectivity index (χ4n) is 6.94. The number of nitrogens with two attached hydrogens (primary N) is 1. The Labute approximate surface area is 125 Å². The monoisotopic (exact) mass is 275 g/mol. The van der Waals surface area contributed by atoms with E-state index < -0.39 is 0 Å². The normalized spacial score (nSPS) is 55.5. The van der Waals surface area contributed by atoms with Gasteiger partial charge in [-0.25, -0.2) is 0 Å². The Morgan fingerprint density at radius 1 is 0.700 bits per heavy atom. The molecule has 0 bridgehead atoms. The van der Waals surface area contributed by atoms with E-state index >= 15 is 0 Å². The Morgan fingerprint density at radius 2 is 1.35 bits per heavy atom. The van der Waals surface area contributed by atoms with Crippen LogP contribution in [0.1, 0.15) is 77.6 Å². The van der Waals surface area contributed by atoms with Gasteiger partial charge in [-0.1, -0.05) is 25.7 Å². The van der Waals surface area contributed by atoms with Gasteiger partial charge in [-0.05, 0) is 87.4 Å². The zero-order valence-corrected chi connectivity index (χ0v) is 13.3. The summed E-state index contributed by atoms with van der Waals surface area (Å²) in [5, 5.41) is 0. The highest BCUT2D eigenvalue weighted by Gasteiger charge is 2.49. The van der Waals surface area contributed by atoms with Gasteiger partial charge in [0.25, 0.3) is 0 Å². The minimum atomic E-state index is 0.133. The maximum Gasteiger partial charge on any atom is 0.0128 e. The molecule has 4 aliphatic carbocycles.